The molecule has 1 aromatic heterocycles. The average Bonchev–Trinajstić information content (AvgIpc) is 2.77. The molecule has 0 aliphatic carbocycles. The van der Waals surface area contributed by atoms with E-state index in [2.05, 4.69) is 0 Å². The van der Waals surface area contributed by atoms with Crippen molar-refractivity contribution in [3.8, 4) is 5.69 Å². The van der Waals surface area contributed by atoms with Crippen molar-refractivity contribution in [2.24, 2.45) is 7.05 Å². The van der Waals surface area contributed by atoms with Crippen LogP contribution in [0.15, 0.2) is 27.8 Å². The number of aryl methyl sites for hydroxylation is 1. The molecular formula is C23H28ClFN4O7S. The van der Waals surface area contributed by atoms with Gasteiger partial charge in [-0.15, -0.1) is 0 Å². The monoisotopic (exact) mass is 558 g/mol. The lowest BCUT2D eigenvalue weighted by Crippen LogP contribution is -2.47. The van der Waals surface area contributed by atoms with Crippen molar-refractivity contribution < 1.29 is 27.1 Å². The zero-order valence-corrected chi connectivity index (χ0v) is 22.6. The van der Waals surface area contributed by atoms with Gasteiger partial charge >= 0.3 is 11.8 Å². The molecule has 1 aliphatic heterocycles. The second-order valence-electron chi connectivity index (χ2n) is 9.73. The number of likely N-dealkylation sites (tertiary alicyclic amines) is 1. The molecule has 202 valence electrons. The van der Waals surface area contributed by atoms with E-state index in [1.807, 2.05) is 4.72 Å². The minimum absolute atomic E-state index is 0.0546. The first-order valence-corrected chi connectivity index (χ1v) is 13.3. The number of halogens is 2. The number of aromatic nitrogens is 2. The fourth-order valence-electron chi connectivity index (χ4n) is 3.78. The van der Waals surface area contributed by atoms with Gasteiger partial charge in [0.1, 0.15) is 11.4 Å². The van der Waals surface area contributed by atoms with E-state index in [9.17, 15) is 32.0 Å². The molecule has 2 heterocycles. The van der Waals surface area contributed by atoms with E-state index in [0.29, 0.717) is 10.3 Å². The lowest BCUT2D eigenvalue weighted by molar-refractivity contribution is 0.0217. The van der Waals surface area contributed by atoms with Crippen LogP contribution in [-0.2, 0) is 21.8 Å². The Balaban J connectivity index is 1.83. The number of benzene rings is 1. The van der Waals surface area contributed by atoms with Gasteiger partial charge in [-0.25, -0.2) is 31.7 Å². The first-order valence-electron chi connectivity index (χ1n) is 11.3. The highest BCUT2D eigenvalue weighted by molar-refractivity contribution is 7.90. The summed E-state index contributed by atoms with van der Waals surface area (Å²) >= 11 is 6.02. The quantitative estimate of drug-likeness (QED) is 0.606. The van der Waals surface area contributed by atoms with Crippen LogP contribution in [0.4, 0.5) is 9.18 Å². The third kappa shape index (κ3) is 6.21. The van der Waals surface area contributed by atoms with Gasteiger partial charge in [-0.2, -0.15) is 0 Å². The largest absolute Gasteiger partial charge is 0.444 e. The number of hydrogen-bond donors (Lipinski definition) is 1. The van der Waals surface area contributed by atoms with Gasteiger partial charge in [-0.3, -0.25) is 9.59 Å². The van der Waals surface area contributed by atoms with Crippen LogP contribution in [0, 0.1) is 12.7 Å². The molecule has 2 aromatic rings. The fraction of sp³-hybridized carbons (Fsp3) is 0.478. The van der Waals surface area contributed by atoms with E-state index in [0.717, 1.165) is 22.8 Å². The molecule has 0 saturated carbocycles. The van der Waals surface area contributed by atoms with E-state index in [1.165, 1.54) is 18.9 Å². The Morgan fingerprint density at radius 3 is 2.30 bits per heavy atom. The van der Waals surface area contributed by atoms with Gasteiger partial charge in [-0.05, 0) is 52.7 Å². The van der Waals surface area contributed by atoms with E-state index in [1.54, 1.807) is 20.8 Å². The molecule has 37 heavy (non-hydrogen) atoms. The molecule has 14 heteroatoms. The molecule has 0 unspecified atom stereocenters. The Bertz CT molecular complexity index is 1470. The number of nitrogens with zero attached hydrogens (tertiary/aromatic N) is 3. The van der Waals surface area contributed by atoms with Crippen molar-refractivity contribution in [1.82, 2.24) is 18.8 Å². The summed E-state index contributed by atoms with van der Waals surface area (Å²) in [5, 5.41) is -1.40. The zero-order valence-electron chi connectivity index (χ0n) is 21.0. The third-order valence-corrected chi connectivity index (χ3v) is 7.98. The highest BCUT2D eigenvalue weighted by Gasteiger charge is 2.35. The molecule has 0 radical (unpaired) electrons. The van der Waals surface area contributed by atoms with Crippen molar-refractivity contribution in [2.75, 3.05) is 13.1 Å². The number of ether oxygens (including phenoxy) is 1. The Kier molecular flexibility index (Phi) is 7.89. The number of piperidine rings is 1. The number of carbonyl (C=O) groups is 2. The molecule has 1 aliphatic rings. The van der Waals surface area contributed by atoms with Gasteiger partial charge in [0.25, 0.3) is 11.5 Å². The van der Waals surface area contributed by atoms with Gasteiger partial charge in [0.15, 0.2) is 0 Å². The SMILES string of the molecule is Cc1cc(=O)n(-c2cc(C(=O)NS(=O)(=O)C3CCN(C(=O)OC(C)(C)C)CC3)c(Cl)cc2F)c(=O)n1C. The van der Waals surface area contributed by atoms with Crippen LogP contribution in [0.1, 0.15) is 49.7 Å². The number of rotatable bonds is 4. The van der Waals surface area contributed by atoms with Crippen LogP contribution in [-0.4, -0.2) is 58.4 Å². The summed E-state index contributed by atoms with van der Waals surface area (Å²) in [5.41, 5.74) is -3.05. The molecule has 1 N–H and O–H groups in total. The second-order valence-corrected chi connectivity index (χ2v) is 12.1. The van der Waals surface area contributed by atoms with Crippen molar-refractivity contribution >= 4 is 33.6 Å². The minimum atomic E-state index is -4.21. The maximum Gasteiger partial charge on any atom is 0.410 e. The van der Waals surface area contributed by atoms with Crippen LogP contribution in [0.25, 0.3) is 5.69 Å². The average molecular weight is 559 g/mol. The maximum atomic E-state index is 14.7. The van der Waals surface area contributed by atoms with Crippen molar-refractivity contribution in [2.45, 2.75) is 51.4 Å². The predicted octanol–water partition coefficient (Wildman–Crippen LogP) is 2.10. The Labute approximate surface area is 217 Å². The first kappa shape index (κ1) is 28.4. The van der Waals surface area contributed by atoms with Gasteiger partial charge in [0, 0.05) is 31.9 Å². The fourth-order valence-corrected chi connectivity index (χ4v) is 5.39. The molecule has 11 nitrogen and oxygen atoms in total. The standard InChI is InChI=1S/C23H28ClFN4O7S/c1-13-10-19(30)29(21(32)27(13)5)18-11-15(16(24)12-17(18)25)20(31)26-37(34,35)14-6-8-28(9-7-14)22(33)36-23(2,3)4/h10-12,14H,6-9H2,1-5H3,(H,26,31). The number of hydrogen-bond acceptors (Lipinski definition) is 7. The number of amides is 2. The molecule has 3 rings (SSSR count). The highest BCUT2D eigenvalue weighted by atomic mass is 35.5. The van der Waals surface area contributed by atoms with Crippen LogP contribution in [0.2, 0.25) is 5.02 Å². The van der Waals surface area contributed by atoms with Crippen LogP contribution in [0.5, 0.6) is 0 Å². The van der Waals surface area contributed by atoms with Gasteiger partial charge in [0.05, 0.1) is 21.5 Å². The summed E-state index contributed by atoms with van der Waals surface area (Å²) < 4.78 is 49.4. The summed E-state index contributed by atoms with van der Waals surface area (Å²) in [7, 11) is -2.83. The molecule has 1 aromatic carbocycles. The van der Waals surface area contributed by atoms with Crippen LogP contribution < -0.4 is 16.0 Å². The number of nitrogens with one attached hydrogen (secondary N) is 1. The predicted molar refractivity (Wildman–Crippen MR) is 134 cm³/mol. The topological polar surface area (TPSA) is 137 Å². The van der Waals surface area contributed by atoms with Gasteiger partial charge in [0.2, 0.25) is 10.0 Å². The first-order chi connectivity index (χ1) is 17.0. The minimum Gasteiger partial charge on any atom is -0.444 e. The smallest absolute Gasteiger partial charge is 0.410 e. The molecule has 1 fully saturated rings. The maximum absolute atomic E-state index is 14.7. The summed E-state index contributed by atoms with van der Waals surface area (Å²) in [6, 6.07) is 2.69. The Morgan fingerprint density at radius 1 is 1.14 bits per heavy atom. The van der Waals surface area contributed by atoms with E-state index in [4.69, 9.17) is 16.3 Å². The van der Waals surface area contributed by atoms with Gasteiger partial charge < -0.3 is 14.2 Å². The van der Waals surface area contributed by atoms with Crippen molar-refractivity contribution in [1.29, 1.82) is 0 Å². The molecule has 0 bridgehead atoms. The molecule has 0 spiro atoms. The molecule has 2 amide bonds. The molecule has 1 saturated heterocycles. The zero-order chi connectivity index (χ0) is 27.9. The van der Waals surface area contributed by atoms with E-state index >= 15 is 0 Å². The number of carbonyl (C=O) groups excluding carboxylic acids is 2. The summed E-state index contributed by atoms with van der Waals surface area (Å²) in [6.07, 6.45) is -0.450. The normalized spacial score (nSPS) is 14.9. The Hall–Kier alpha value is -3.19. The Morgan fingerprint density at radius 2 is 1.73 bits per heavy atom. The molecular weight excluding hydrogens is 531 g/mol. The summed E-state index contributed by atoms with van der Waals surface area (Å²) in [5.74, 6) is -2.21. The summed E-state index contributed by atoms with van der Waals surface area (Å²) in [4.78, 5) is 51.5. The highest BCUT2D eigenvalue weighted by Crippen LogP contribution is 2.24. The van der Waals surface area contributed by atoms with Crippen molar-refractivity contribution in [3.63, 3.8) is 0 Å². The van der Waals surface area contributed by atoms with Crippen LogP contribution in [0.3, 0.4) is 0 Å². The number of sulfonamides is 1. The van der Waals surface area contributed by atoms with E-state index < -0.39 is 66.2 Å². The van der Waals surface area contributed by atoms with E-state index in [-0.39, 0.29) is 25.9 Å². The van der Waals surface area contributed by atoms with Crippen molar-refractivity contribution in [3.05, 3.63) is 61.1 Å². The molecule has 0 atom stereocenters. The van der Waals surface area contributed by atoms with Crippen LogP contribution >= 0.6 is 11.6 Å². The summed E-state index contributed by atoms with van der Waals surface area (Å²) in [6.45, 7) is 6.89. The van der Waals surface area contributed by atoms with Gasteiger partial charge in [-0.1, -0.05) is 11.6 Å². The lowest BCUT2D eigenvalue weighted by Gasteiger charge is -2.33. The third-order valence-electron chi connectivity index (χ3n) is 5.85. The second kappa shape index (κ2) is 10.3. The lowest BCUT2D eigenvalue weighted by atomic mass is 10.1.